The van der Waals surface area contributed by atoms with E-state index in [2.05, 4.69) is 16.8 Å². The number of likely N-dealkylation sites (N-methyl/N-ethyl adjacent to an activating group) is 1. The van der Waals surface area contributed by atoms with Crippen LogP contribution in [0.25, 0.3) is 0 Å². The summed E-state index contributed by atoms with van der Waals surface area (Å²) in [6.07, 6.45) is 0.882. The van der Waals surface area contributed by atoms with Crippen LogP contribution in [0, 0.1) is 0 Å². The zero-order valence-corrected chi connectivity index (χ0v) is 12.8. The van der Waals surface area contributed by atoms with Crippen molar-refractivity contribution in [1.29, 1.82) is 0 Å². The summed E-state index contributed by atoms with van der Waals surface area (Å²) < 4.78 is 0. The van der Waals surface area contributed by atoms with E-state index in [1.54, 1.807) is 0 Å². The first-order valence-corrected chi connectivity index (χ1v) is 7.45. The number of nitrogens with zero attached hydrogens (tertiary/aromatic N) is 2. The van der Waals surface area contributed by atoms with Crippen molar-refractivity contribution in [2.45, 2.75) is 12.5 Å². The molecule has 2 rings (SSSR count). The maximum absolute atomic E-state index is 6.35. The molecule has 0 aliphatic carbocycles. The maximum atomic E-state index is 6.35. The number of benzene rings is 1. The molecule has 3 nitrogen and oxygen atoms in total. The lowest BCUT2D eigenvalue weighted by molar-refractivity contribution is 0.108. The smallest absolute Gasteiger partial charge is 0.0468 e. The quantitative estimate of drug-likeness (QED) is 0.928. The molecule has 1 saturated heterocycles. The van der Waals surface area contributed by atoms with E-state index in [9.17, 15) is 0 Å². The van der Waals surface area contributed by atoms with E-state index in [1.807, 2.05) is 18.2 Å². The Kier molecular flexibility index (Phi) is 5.48. The monoisotopic (exact) mass is 301 g/mol. The minimum Gasteiger partial charge on any atom is -0.330 e. The van der Waals surface area contributed by atoms with Crippen LogP contribution in [0.4, 0.5) is 0 Å². The second kappa shape index (κ2) is 6.91. The van der Waals surface area contributed by atoms with Gasteiger partial charge in [-0.05, 0) is 32.1 Å². The molecule has 1 fully saturated rings. The average molecular weight is 302 g/mol. The lowest BCUT2D eigenvalue weighted by atomic mass is 10.0. The Labute approximate surface area is 125 Å². The van der Waals surface area contributed by atoms with Gasteiger partial charge in [0.1, 0.15) is 0 Å². The van der Waals surface area contributed by atoms with Crippen LogP contribution in [-0.4, -0.2) is 49.6 Å². The summed E-state index contributed by atoms with van der Waals surface area (Å²) in [5.41, 5.74) is 6.81. The molecule has 1 aliphatic heterocycles. The number of halogens is 2. The molecule has 1 heterocycles. The SMILES string of the molecule is CN1CCN(C(CCN)c2c(Cl)cccc2Cl)CC1. The molecule has 0 amide bonds. The fourth-order valence-corrected chi connectivity index (χ4v) is 3.28. The van der Waals surface area contributed by atoms with Crippen molar-refractivity contribution in [3.05, 3.63) is 33.8 Å². The normalized spacial score (nSPS) is 19.6. The predicted octanol–water partition coefficient (Wildman–Crippen LogP) is 2.63. The summed E-state index contributed by atoms with van der Waals surface area (Å²) in [5, 5.41) is 1.48. The van der Waals surface area contributed by atoms with Crippen LogP contribution in [0.3, 0.4) is 0 Å². The van der Waals surface area contributed by atoms with Gasteiger partial charge < -0.3 is 10.6 Å². The number of rotatable bonds is 4. The minimum absolute atomic E-state index is 0.222. The van der Waals surface area contributed by atoms with Crippen molar-refractivity contribution in [1.82, 2.24) is 9.80 Å². The van der Waals surface area contributed by atoms with Crippen molar-refractivity contribution in [2.75, 3.05) is 39.8 Å². The van der Waals surface area contributed by atoms with Crippen LogP contribution in [-0.2, 0) is 0 Å². The number of hydrogen-bond donors (Lipinski definition) is 1. The van der Waals surface area contributed by atoms with Gasteiger partial charge in [-0.3, -0.25) is 4.90 Å². The summed E-state index contributed by atoms with van der Waals surface area (Å²) in [4.78, 5) is 4.78. The Hall–Kier alpha value is -0.320. The Morgan fingerprint density at radius 2 is 1.74 bits per heavy atom. The summed E-state index contributed by atoms with van der Waals surface area (Å²) >= 11 is 12.7. The van der Waals surface area contributed by atoms with Gasteiger partial charge >= 0.3 is 0 Å². The van der Waals surface area contributed by atoms with Gasteiger partial charge in [0, 0.05) is 47.8 Å². The van der Waals surface area contributed by atoms with E-state index in [1.165, 1.54) is 0 Å². The number of hydrogen-bond acceptors (Lipinski definition) is 3. The topological polar surface area (TPSA) is 32.5 Å². The van der Waals surface area contributed by atoms with Gasteiger partial charge in [-0.25, -0.2) is 0 Å². The van der Waals surface area contributed by atoms with Crippen molar-refractivity contribution in [3.63, 3.8) is 0 Å². The molecule has 19 heavy (non-hydrogen) atoms. The standard InChI is InChI=1S/C14H21Cl2N3/c1-18-7-9-19(10-8-18)13(5-6-17)14-11(15)3-2-4-12(14)16/h2-4,13H,5-10,17H2,1H3. The van der Waals surface area contributed by atoms with Gasteiger partial charge in [0.25, 0.3) is 0 Å². The third kappa shape index (κ3) is 3.61. The first-order valence-electron chi connectivity index (χ1n) is 6.70. The molecular formula is C14H21Cl2N3. The molecule has 0 spiro atoms. The molecule has 1 aromatic rings. The van der Waals surface area contributed by atoms with Gasteiger partial charge in [-0.2, -0.15) is 0 Å². The molecule has 1 unspecified atom stereocenters. The van der Waals surface area contributed by atoms with Gasteiger partial charge in [0.05, 0.1) is 0 Å². The highest BCUT2D eigenvalue weighted by molar-refractivity contribution is 6.36. The lowest BCUT2D eigenvalue weighted by Crippen LogP contribution is -2.46. The highest BCUT2D eigenvalue weighted by Gasteiger charge is 2.26. The fraction of sp³-hybridized carbons (Fsp3) is 0.571. The molecule has 0 saturated carbocycles. The van der Waals surface area contributed by atoms with Gasteiger partial charge in [0.15, 0.2) is 0 Å². The van der Waals surface area contributed by atoms with E-state index in [0.29, 0.717) is 6.54 Å². The Bertz CT molecular complexity index is 397. The lowest BCUT2D eigenvalue weighted by Gasteiger charge is -2.38. The molecule has 0 radical (unpaired) electrons. The molecule has 2 N–H and O–H groups in total. The molecular weight excluding hydrogens is 281 g/mol. The van der Waals surface area contributed by atoms with E-state index < -0.39 is 0 Å². The highest BCUT2D eigenvalue weighted by atomic mass is 35.5. The van der Waals surface area contributed by atoms with Crippen LogP contribution in [0.1, 0.15) is 18.0 Å². The fourth-order valence-electron chi connectivity index (χ4n) is 2.63. The zero-order chi connectivity index (χ0) is 13.8. The van der Waals surface area contributed by atoms with Crippen molar-refractivity contribution < 1.29 is 0 Å². The van der Waals surface area contributed by atoms with Crippen LogP contribution in [0.2, 0.25) is 10.0 Å². The van der Waals surface area contributed by atoms with E-state index in [4.69, 9.17) is 28.9 Å². The van der Waals surface area contributed by atoms with Crippen molar-refractivity contribution >= 4 is 23.2 Å². The molecule has 1 aromatic carbocycles. The second-order valence-corrected chi connectivity index (χ2v) is 5.88. The molecule has 5 heteroatoms. The molecule has 0 aromatic heterocycles. The van der Waals surface area contributed by atoms with E-state index in [-0.39, 0.29) is 6.04 Å². The third-order valence-electron chi connectivity index (χ3n) is 3.75. The summed E-state index contributed by atoms with van der Waals surface area (Å²) in [5.74, 6) is 0. The molecule has 1 aliphatic rings. The predicted molar refractivity (Wildman–Crippen MR) is 81.9 cm³/mol. The summed E-state index contributed by atoms with van der Waals surface area (Å²) in [7, 11) is 2.15. The second-order valence-electron chi connectivity index (χ2n) is 5.07. The van der Waals surface area contributed by atoms with Crippen molar-refractivity contribution in [3.8, 4) is 0 Å². The van der Waals surface area contributed by atoms with Crippen LogP contribution in [0.5, 0.6) is 0 Å². The first kappa shape index (κ1) is 15.1. The summed E-state index contributed by atoms with van der Waals surface area (Å²) in [6, 6.07) is 5.92. The van der Waals surface area contributed by atoms with Crippen molar-refractivity contribution in [2.24, 2.45) is 5.73 Å². The van der Waals surface area contributed by atoms with Crippen LogP contribution in [0.15, 0.2) is 18.2 Å². The first-order chi connectivity index (χ1) is 9.13. The highest BCUT2D eigenvalue weighted by Crippen LogP contribution is 2.35. The van der Waals surface area contributed by atoms with Gasteiger partial charge in [-0.15, -0.1) is 0 Å². The maximum Gasteiger partial charge on any atom is 0.0468 e. The molecule has 106 valence electrons. The Morgan fingerprint density at radius 1 is 1.16 bits per heavy atom. The number of piperazine rings is 1. The average Bonchev–Trinajstić information content (AvgIpc) is 2.38. The zero-order valence-electron chi connectivity index (χ0n) is 11.3. The summed E-state index contributed by atoms with van der Waals surface area (Å²) in [6.45, 7) is 4.84. The van der Waals surface area contributed by atoms with E-state index in [0.717, 1.165) is 48.2 Å². The Morgan fingerprint density at radius 3 is 2.26 bits per heavy atom. The van der Waals surface area contributed by atoms with Gasteiger partial charge in [0.2, 0.25) is 0 Å². The molecule has 0 bridgehead atoms. The van der Waals surface area contributed by atoms with Crippen LogP contribution < -0.4 is 5.73 Å². The van der Waals surface area contributed by atoms with E-state index >= 15 is 0 Å². The third-order valence-corrected chi connectivity index (χ3v) is 4.41. The van der Waals surface area contributed by atoms with Gasteiger partial charge in [-0.1, -0.05) is 29.3 Å². The number of nitrogens with two attached hydrogens (primary N) is 1. The van der Waals surface area contributed by atoms with Crippen LogP contribution >= 0.6 is 23.2 Å². The minimum atomic E-state index is 0.222. The Balaban J connectivity index is 2.24. The largest absolute Gasteiger partial charge is 0.330 e. The molecule has 1 atom stereocenters.